The molecule has 1 amide bonds. The molecule has 0 rings (SSSR count). The third kappa shape index (κ3) is 32.2. The topological polar surface area (TPSA) is 110 Å². The van der Waals surface area contributed by atoms with E-state index in [2.05, 4.69) is 55.6 Å². The number of hydrogen-bond acceptors (Lipinski definition) is 5. The van der Waals surface area contributed by atoms with E-state index in [4.69, 9.17) is 0 Å². The van der Waals surface area contributed by atoms with E-state index in [1.165, 1.54) is 116 Å². The zero-order chi connectivity index (χ0) is 36.0. The largest absolute Gasteiger partial charge is 0.394 e. The number of unbranched alkanes of at least 4 members (excludes halogenated alkanes) is 22. The van der Waals surface area contributed by atoms with Gasteiger partial charge in [0.15, 0.2) is 0 Å². The second kappa shape index (κ2) is 37.8. The Bertz CT molecular complexity index is 782. The number of hydrogen-bond donors (Lipinski definition) is 5. The summed E-state index contributed by atoms with van der Waals surface area (Å²) in [6.07, 6.45) is 43.1. The number of amides is 1. The van der Waals surface area contributed by atoms with Crippen LogP contribution >= 0.6 is 0 Å². The Hall–Kier alpha value is -1.47. The maximum absolute atomic E-state index is 12.4. The van der Waals surface area contributed by atoms with Crippen molar-refractivity contribution in [1.82, 2.24) is 5.32 Å². The third-order valence-corrected chi connectivity index (χ3v) is 9.56. The lowest BCUT2D eigenvalue weighted by molar-refractivity contribution is -0.132. The number of nitrogens with one attached hydrogen (secondary N) is 1. The predicted molar refractivity (Wildman–Crippen MR) is 210 cm³/mol. The number of aliphatic hydroxyl groups is 4. The molecule has 6 heteroatoms. The molecule has 0 saturated heterocycles. The number of rotatable bonds is 37. The third-order valence-electron chi connectivity index (χ3n) is 9.56. The highest BCUT2D eigenvalue weighted by atomic mass is 16.3. The molecule has 0 heterocycles. The van der Waals surface area contributed by atoms with Gasteiger partial charge in [0.1, 0.15) is 12.2 Å². The van der Waals surface area contributed by atoms with Crippen molar-refractivity contribution in [2.75, 3.05) is 6.61 Å². The van der Waals surface area contributed by atoms with Crippen molar-refractivity contribution in [3.8, 4) is 0 Å². The van der Waals surface area contributed by atoms with Crippen molar-refractivity contribution in [2.45, 2.75) is 224 Å². The zero-order valence-electron chi connectivity index (χ0n) is 32.2. The molecule has 0 saturated carbocycles. The van der Waals surface area contributed by atoms with Crippen LogP contribution in [0.5, 0.6) is 0 Å². The van der Waals surface area contributed by atoms with Crippen LogP contribution in [0.1, 0.15) is 200 Å². The molecule has 0 spiro atoms. The van der Waals surface area contributed by atoms with E-state index in [0.717, 1.165) is 51.4 Å². The standard InChI is InChI=1S/C43H81NO5/c1-3-5-7-9-11-13-15-17-18-19-20-21-22-23-24-25-27-28-30-32-34-36-40(46)42(48)39(38-45)44-43(49)41(47)37-35-33-31-29-26-16-14-12-10-8-6-4-2/h19-20,23-24,28,30,39-42,45-48H,3-18,21-22,25-27,29,31-38H2,1-2H3,(H,44,49)/b20-19+,24-23+,30-28+. The van der Waals surface area contributed by atoms with Gasteiger partial charge >= 0.3 is 0 Å². The Morgan fingerprint density at radius 3 is 1.29 bits per heavy atom. The van der Waals surface area contributed by atoms with Gasteiger partial charge in [-0.05, 0) is 64.2 Å². The first-order chi connectivity index (χ1) is 24.0. The lowest BCUT2D eigenvalue weighted by Gasteiger charge is -2.27. The lowest BCUT2D eigenvalue weighted by atomic mass is 10.00. The fourth-order valence-electron chi connectivity index (χ4n) is 6.20. The predicted octanol–water partition coefficient (Wildman–Crippen LogP) is 10.6. The summed E-state index contributed by atoms with van der Waals surface area (Å²) in [5.41, 5.74) is 0. The van der Waals surface area contributed by atoms with Crippen LogP contribution in [0.2, 0.25) is 0 Å². The maximum atomic E-state index is 12.4. The molecule has 6 nitrogen and oxygen atoms in total. The van der Waals surface area contributed by atoms with Crippen molar-refractivity contribution >= 4 is 5.91 Å². The monoisotopic (exact) mass is 692 g/mol. The molecule has 0 aliphatic rings. The second-order valence-corrected chi connectivity index (χ2v) is 14.3. The minimum absolute atomic E-state index is 0.360. The normalized spacial score (nSPS) is 14.7. The van der Waals surface area contributed by atoms with E-state index in [1.807, 2.05) is 0 Å². The Morgan fingerprint density at radius 1 is 0.490 bits per heavy atom. The quantitative estimate of drug-likeness (QED) is 0.0329. The van der Waals surface area contributed by atoms with Crippen LogP contribution in [-0.2, 0) is 4.79 Å². The first kappa shape index (κ1) is 47.5. The van der Waals surface area contributed by atoms with Crippen LogP contribution in [0.4, 0.5) is 0 Å². The van der Waals surface area contributed by atoms with Crippen molar-refractivity contribution in [3.05, 3.63) is 36.5 Å². The zero-order valence-corrected chi connectivity index (χ0v) is 32.2. The van der Waals surface area contributed by atoms with Gasteiger partial charge < -0.3 is 25.7 Å². The number of aliphatic hydroxyl groups excluding tert-OH is 4. The van der Waals surface area contributed by atoms with Gasteiger partial charge in [0.05, 0.1) is 18.8 Å². The number of carbonyl (C=O) groups excluding carboxylic acids is 1. The highest BCUT2D eigenvalue weighted by Gasteiger charge is 2.28. The Kier molecular flexibility index (Phi) is 36.6. The summed E-state index contributed by atoms with van der Waals surface area (Å²) in [5, 5.41) is 43.5. The van der Waals surface area contributed by atoms with Crippen LogP contribution < -0.4 is 5.32 Å². The molecule has 5 N–H and O–H groups in total. The Balaban J connectivity index is 3.85. The van der Waals surface area contributed by atoms with E-state index in [9.17, 15) is 25.2 Å². The van der Waals surface area contributed by atoms with Gasteiger partial charge in [-0.25, -0.2) is 0 Å². The minimum atomic E-state index is -1.29. The summed E-state index contributed by atoms with van der Waals surface area (Å²) in [6.45, 7) is 4.01. The van der Waals surface area contributed by atoms with Gasteiger partial charge in [0.2, 0.25) is 5.91 Å². The summed E-state index contributed by atoms with van der Waals surface area (Å²) < 4.78 is 0. The van der Waals surface area contributed by atoms with E-state index < -0.39 is 36.9 Å². The van der Waals surface area contributed by atoms with Gasteiger partial charge in [0.25, 0.3) is 0 Å². The van der Waals surface area contributed by atoms with Crippen LogP contribution in [0, 0.1) is 0 Å². The molecular formula is C43H81NO5. The summed E-state index contributed by atoms with van der Waals surface area (Å²) in [4.78, 5) is 12.4. The molecule has 0 aromatic heterocycles. The molecule has 0 aromatic carbocycles. The van der Waals surface area contributed by atoms with Gasteiger partial charge in [-0.3, -0.25) is 4.79 Å². The van der Waals surface area contributed by atoms with Crippen molar-refractivity contribution in [2.24, 2.45) is 0 Å². The summed E-state index contributed by atoms with van der Waals surface area (Å²) in [5.74, 6) is -0.601. The molecule has 288 valence electrons. The molecular weight excluding hydrogens is 610 g/mol. The summed E-state index contributed by atoms with van der Waals surface area (Å²) >= 11 is 0. The van der Waals surface area contributed by atoms with Crippen molar-refractivity contribution in [3.63, 3.8) is 0 Å². The van der Waals surface area contributed by atoms with Crippen LogP contribution in [0.25, 0.3) is 0 Å². The molecule has 0 aromatic rings. The number of allylic oxidation sites excluding steroid dienone is 6. The molecule has 0 aliphatic heterocycles. The van der Waals surface area contributed by atoms with Crippen molar-refractivity contribution in [1.29, 1.82) is 0 Å². The van der Waals surface area contributed by atoms with Gasteiger partial charge in [-0.15, -0.1) is 0 Å². The van der Waals surface area contributed by atoms with E-state index >= 15 is 0 Å². The lowest BCUT2D eigenvalue weighted by Crippen LogP contribution is -2.53. The van der Waals surface area contributed by atoms with Crippen LogP contribution in [0.3, 0.4) is 0 Å². The fourth-order valence-corrected chi connectivity index (χ4v) is 6.20. The molecule has 0 bridgehead atoms. The molecule has 4 unspecified atom stereocenters. The van der Waals surface area contributed by atoms with Gasteiger partial charge in [0, 0.05) is 0 Å². The summed E-state index contributed by atoms with van der Waals surface area (Å²) in [7, 11) is 0. The molecule has 49 heavy (non-hydrogen) atoms. The minimum Gasteiger partial charge on any atom is -0.394 e. The Morgan fingerprint density at radius 2 is 0.857 bits per heavy atom. The Labute approximate surface area is 303 Å². The van der Waals surface area contributed by atoms with Crippen LogP contribution in [-0.4, -0.2) is 57.3 Å². The van der Waals surface area contributed by atoms with E-state index in [1.54, 1.807) is 0 Å². The first-order valence-corrected chi connectivity index (χ1v) is 20.9. The molecule has 0 radical (unpaired) electrons. The molecule has 0 aliphatic carbocycles. The first-order valence-electron chi connectivity index (χ1n) is 20.9. The fraction of sp³-hybridized carbons (Fsp3) is 0.837. The SMILES string of the molecule is CCCCCCCCCC/C=C/CC/C=C/CC/C=C/CCCC(O)C(O)C(CO)NC(=O)C(O)CCCCCCCCCCCCCC. The second-order valence-electron chi connectivity index (χ2n) is 14.3. The van der Waals surface area contributed by atoms with E-state index in [-0.39, 0.29) is 0 Å². The van der Waals surface area contributed by atoms with Gasteiger partial charge in [-0.1, -0.05) is 172 Å². The molecule has 4 atom stereocenters. The molecule has 0 fully saturated rings. The highest BCUT2D eigenvalue weighted by molar-refractivity contribution is 5.80. The average Bonchev–Trinajstić information content (AvgIpc) is 3.11. The van der Waals surface area contributed by atoms with Crippen molar-refractivity contribution < 1.29 is 25.2 Å². The van der Waals surface area contributed by atoms with Gasteiger partial charge in [-0.2, -0.15) is 0 Å². The average molecular weight is 692 g/mol. The van der Waals surface area contributed by atoms with Crippen LogP contribution in [0.15, 0.2) is 36.5 Å². The van der Waals surface area contributed by atoms with E-state index in [0.29, 0.717) is 19.3 Å². The highest BCUT2D eigenvalue weighted by Crippen LogP contribution is 2.15. The summed E-state index contributed by atoms with van der Waals surface area (Å²) in [6, 6.07) is -1.01. The maximum Gasteiger partial charge on any atom is 0.249 e. The smallest absolute Gasteiger partial charge is 0.249 e. The number of carbonyl (C=O) groups is 1.